The molecule has 118 valence electrons. The summed E-state index contributed by atoms with van der Waals surface area (Å²) in [6.45, 7) is 5.12. The second-order valence-electron chi connectivity index (χ2n) is 6.20. The lowest BCUT2D eigenvalue weighted by molar-refractivity contribution is 0.311. The average Bonchev–Trinajstić information content (AvgIpc) is 2.51. The highest BCUT2D eigenvalue weighted by molar-refractivity contribution is 5.59. The van der Waals surface area contributed by atoms with Crippen LogP contribution >= 0.6 is 0 Å². The van der Waals surface area contributed by atoms with E-state index in [-0.39, 0.29) is 0 Å². The summed E-state index contributed by atoms with van der Waals surface area (Å²) in [5.41, 5.74) is 7.87. The first-order valence-electron chi connectivity index (χ1n) is 8.52. The summed E-state index contributed by atoms with van der Waals surface area (Å²) in [4.78, 5) is 0. The summed E-state index contributed by atoms with van der Waals surface area (Å²) in [6.07, 6.45) is 9.04. The smallest absolute Gasteiger partial charge is 0.123 e. The lowest BCUT2D eigenvalue weighted by atomic mass is 9.83. The van der Waals surface area contributed by atoms with E-state index < -0.39 is 0 Å². The predicted molar refractivity (Wildman–Crippen MR) is 90.9 cm³/mol. The maximum absolute atomic E-state index is 6.01. The standard InChI is InChI=1S/C18H30N2O/c1-3-10-21-17-12-15(19)11-16(13-17)20-18(4-2)14-8-6-5-7-9-14/h11-14,18,20H,3-10,19H2,1-2H3. The molecule has 1 unspecified atom stereocenters. The molecule has 3 nitrogen and oxygen atoms in total. The SMILES string of the molecule is CCCOc1cc(N)cc(NC(CC)C2CCCCC2)c1. The number of nitrogen functional groups attached to an aromatic ring is 1. The second kappa shape index (κ2) is 8.16. The summed E-state index contributed by atoms with van der Waals surface area (Å²) in [6, 6.07) is 6.55. The normalized spacial score (nSPS) is 17.4. The number of benzene rings is 1. The topological polar surface area (TPSA) is 47.3 Å². The van der Waals surface area contributed by atoms with Crippen molar-refractivity contribution in [1.82, 2.24) is 0 Å². The Hall–Kier alpha value is -1.38. The highest BCUT2D eigenvalue weighted by atomic mass is 16.5. The lowest BCUT2D eigenvalue weighted by Crippen LogP contribution is -2.30. The molecular weight excluding hydrogens is 260 g/mol. The summed E-state index contributed by atoms with van der Waals surface area (Å²) in [5.74, 6) is 1.67. The van der Waals surface area contributed by atoms with Crippen molar-refractivity contribution in [1.29, 1.82) is 0 Å². The molecule has 0 heterocycles. The molecule has 2 rings (SSSR count). The fourth-order valence-corrected chi connectivity index (χ4v) is 3.31. The number of ether oxygens (including phenoxy) is 1. The summed E-state index contributed by atoms with van der Waals surface area (Å²) < 4.78 is 5.72. The predicted octanol–water partition coefficient (Wildman–Crippen LogP) is 4.83. The van der Waals surface area contributed by atoms with E-state index in [1.54, 1.807) is 0 Å². The van der Waals surface area contributed by atoms with Gasteiger partial charge >= 0.3 is 0 Å². The van der Waals surface area contributed by atoms with Crippen LogP contribution in [0.2, 0.25) is 0 Å². The molecule has 0 aromatic heterocycles. The van der Waals surface area contributed by atoms with Crippen molar-refractivity contribution >= 4 is 11.4 Å². The molecule has 0 saturated heterocycles. The van der Waals surface area contributed by atoms with Crippen LogP contribution in [-0.2, 0) is 0 Å². The van der Waals surface area contributed by atoms with Gasteiger partial charge in [0.15, 0.2) is 0 Å². The van der Waals surface area contributed by atoms with Gasteiger partial charge < -0.3 is 15.8 Å². The molecule has 0 bridgehead atoms. The van der Waals surface area contributed by atoms with Gasteiger partial charge in [0.25, 0.3) is 0 Å². The highest BCUT2D eigenvalue weighted by Crippen LogP contribution is 2.31. The van der Waals surface area contributed by atoms with Crippen LogP contribution in [0, 0.1) is 5.92 Å². The zero-order valence-electron chi connectivity index (χ0n) is 13.5. The van der Waals surface area contributed by atoms with E-state index in [2.05, 4.69) is 25.2 Å². The van der Waals surface area contributed by atoms with E-state index in [1.807, 2.05) is 12.1 Å². The van der Waals surface area contributed by atoms with E-state index >= 15 is 0 Å². The van der Waals surface area contributed by atoms with E-state index in [4.69, 9.17) is 10.5 Å². The van der Waals surface area contributed by atoms with E-state index in [0.29, 0.717) is 6.04 Å². The Labute approximate surface area is 129 Å². The van der Waals surface area contributed by atoms with Crippen LogP contribution in [0.3, 0.4) is 0 Å². The van der Waals surface area contributed by atoms with Crippen LogP contribution in [-0.4, -0.2) is 12.6 Å². The Balaban J connectivity index is 2.03. The van der Waals surface area contributed by atoms with Crippen LogP contribution in [0.1, 0.15) is 58.8 Å². The van der Waals surface area contributed by atoms with Gasteiger partial charge in [-0.2, -0.15) is 0 Å². The van der Waals surface area contributed by atoms with E-state index in [9.17, 15) is 0 Å². The zero-order chi connectivity index (χ0) is 15.1. The number of hydrogen-bond donors (Lipinski definition) is 2. The van der Waals surface area contributed by atoms with Gasteiger partial charge in [-0.25, -0.2) is 0 Å². The minimum atomic E-state index is 0.547. The second-order valence-corrected chi connectivity index (χ2v) is 6.20. The lowest BCUT2D eigenvalue weighted by Gasteiger charge is -2.31. The molecule has 1 saturated carbocycles. The fourth-order valence-electron chi connectivity index (χ4n) is 3.31. The quantitative estimate of drug-likeness (QED) is 0.707. The molecule has 21 heavy (non-hydrogen) atoms. The minimum Gasteiger partial charge on any atom is -0.493 e. The monoisotopic (exact) mass is 290 g/mol. The highest BCUT2D eigenvalue weighted by Gasteiger charge is 2.22. The third-order valence-electron chi connectivity index (χ3n) is 4.41. The molecule has 1 aliphatic carbocycles. The Morgan fingerprint density at radius 1 is 1.19 bits per heavy atom. The Kier molecular flexibility index (Phi) is 6.21. The molecule has 0 amide bonds. The Bertz CT molecular complexity index is 427. The third-order valence-corrected chi connectivity index (χ3v) is 4.41. The van der Waals surface area contributed by atoms with Crippen LogP contribution in [0.15, 0.2) is 18.2 Å². The third kappa shape index (κ3) is 4.83. The maximum Gasteiger partial charge on any atom is 0.123 e. The van der Waals surface area contributed by atoms with E-state index in [0.717, 1.165) is 42.5 Å². The van der Waals surface area contributed by atoms with Crippen LogP contribution in [0.25, 0.3) is 0 Å². The molecule has 3 N–H and O–H groups in total. The van der Waals surface area contributed by atoms with Crippen LogP contribution < -0.4 is 15.8 Å². The van der Waals surface area contributed by atoms with Gasteiger partial charge in [0.1, 0.15) is 5.75 Å². The van der Waals surface area contributed by atoms with Crippen LogP contribution in [0.5, 0.6) is 5.75 Å². The van der Waals surface area contributed by atoms with Gasteiger partial charge in [0.05, 0.1) is 6.61 Å². The largest absolute Gasteiger partial charge is 0.493 e. The number of anilines is 2. The summed E-state index contributed by atoms with van der Waals surface area (Å²) in [7, 11) is 0. The Morgan fingerprint density at radius 2 is 1.95 bits per heavy atom. The molecule has 1 fully saturated rings. The van der Waals surface area contributed by atoms with E-state index in [1.165, 1.54) is 32.1 Å². The van der Waals surface area contributed by atoms with Gasteiger partial charge in [-0.1, -0.05) is 33.1 Å². The Morgan fingerprint density at radius 3 is 2.62 bits per heavy atom. The first-order valence-corrected chi connectivity index (χ1v) is 8.52. The molecule has 1 aromatic rings. The summed E-state index contributed by atoms with van der Waals surface area (Å²) >= 11 is 0. The maximum atomic E-state index is 6.01. The average molecular weight is 290 g/mol. The van der Waals surface area contributed by atoms with Crippen molar-refractivity contribution in [2.24, 2.45) is 5.92 Å². The van der Waals surface area contributed by atoms with Gasteiger partial charge in [-0.15, -0.1) is 0 Å². The van der Waals surface area contributed by atoms with Crippen molar-refractivity contribution in [3.63, 3.8) is 0 Å². The number of rotatable bonds is 7. The summed E-state index contributed by atoms with van der Waals surface area (Å²) in [5, 5.41) is 3.70. The number of nitrogens with two attached hydrogens (primary N) is 1. The van der Waals surface area contributed by atoms with Gasteiger partial charge in [0, 0.05) is 29.5 Å². The molecule has 1 atom stereocenters. The van der Waals surface area contributed by atoms with Crippen molar-refractivity contribution in [2.75, 3.05) is 17.7 Å². The minimum absolute atomic E-state index is 0.547. The molecule has 1 aliphatic rings. The first kappa shape index (κ1) is 16.0. The molecule has 1 aromatic carbocycles. The van der Waals surface area contributed by atoms with Crippen molar-refractivity contribution in [3.05, 3.63) is 18.2 Å². The van der Waals surface area contributed by atoms with Crippen LogP contribution in [0.4, 0.5) is 11.4 Å². The molecule has 0 spiro atoms. The number of nitrogens with one attached hydrogen (secondary N) is 1. The molecule has 0 radical (unpaired) electrons. The zero-order valence-corrected chi connectivity index (χ0v) is 13.5. The van der Waals surface area contributed by atoms with Crippen molar-refractivity contribution < 1.29 is 4.74 Å². The van der Waals surface area contributed by atoms with Crippen molar-refractivity contribution in [3.8, 4) is 5.75 Å². The van der Waals surface area contributed by atoms with Gasteiger partial charge in [-0.05, 0) is 37.7 Å². The van der Waals surface area contributed by atoms with Gasteiger partial charge in [-0.3, -0.25) is 0 Å². The molecule has 3 heteroatoms. The fraction of sp³-hybridized carbons (Fsp3) is 0.667. The molecular formula is C18H30N2O. The van der Waals surface area contributed by atoms with Gasteiger partial charge in [0.2, 0.25) is 0 Å². The molecule has 0 aliphatic heterocycles. The van der Waals surface area contributed by atoms with Crippen molar-refractivity contribution in [2.45, 2.75) is 64.8 Å². The number of hydrogen-bond acceptors (Lipinski definition) is 3. The first-order chi connectivity index (χ1) is 10.2.